The third-order valence-corrected chi connectivity index (χ3v) is 6.59. The zero-order valence-corrected chi connectivity index (χ0v) is 16.8. The summed E-state index contributed by atoms with van der Waals surface area (Å²) in [6.07, 6.45) is 2.90. The van der Waals surface area contributed by atoms with E-state index in [1.807, 2.05) is 30.3 Å². The average Bonchev–Trinajstić information content (AvgIpc) is 3.13. The summed E-state index contributed by atoms with van der Waals surface area (Å²) < 4.78 is 1.07. The van der Waals surface area contributed by atoms with Gasteiger partial charge in [0.1, 0.15) is 5.75 Å². The minimum absolute atomic E-state index is 0.0911. The summed E-state index contributed by atoms with van der Waals surface area (Å²) in [7, 11) is 2.17. The molecule has 1 aliphatic rings. The van der Waals surface area contributed by atoms with Gasteiger partial charge in [0, 0.05) is 18.0 Å². The van der Waals surface area contributed by atoms with E-state index in [-0.39, 0.29) is 11.7 Å². The maximum atomic E-state index is 12.5. The molecule has 2 heterocycles. The number of carbonyl (C=O) groups excluding carboxylic acids is 1. The molecule has 0 saturated carbocycles. The van der Waals surface area contributed by atoms with Crippen LogP contribution in [0.15, 0.2) is 42.5 Å². The maximum Gasteiger partial charge on any atom is 0.251 e. The number of piperidine rings is 1. The Morgan fingerprint density at radius 3 is 2.82 bits per heavy atom. The Bertz CT molecular complexity index is 977. The number of phenols is 1. The summed E-state index contributed by atoms with van der Waals surface area (Å²) in [6, 6.07) is 12.9. The lowest BCUT2D eigenvalue weighted by Gasteiger charge is -2.27. The topological polar surface area (TPSA) is 65.5 Å². The van der Waals surface area contributed by atoms with Crippen LogP contribution in [0.2, 0.25) is 0 Å². The minimum Gasteiger partial charge on any atom is -0.508 e. The Morgan fingerprint density at radius 1 is 1.25 bits per heavy atom. The smallest absolute Gasteiger partial charge is 0.251 e. The van der Waals surface area contributed by atoms with E-state index >= 15 is 0 Å². The van der Waals surface area contributed by atoms with Crippen LogP contribution in [0, 0.1) is 0 Å². The number of carbonyl (C=O) groups is 1. The molecule has 1 aromatic heterocycles. The molecule has 28 heavy (non-hydrogen) atoms. The third kappa shape index (κ3) is 4.18. The Morgan fingerprint density at radius 2 is 2.04 bits per heavy atom. The Kier molecular flexibility index (Phi) is 5.59. The summed E-state index contributed by atoms with van der Waals surface area (Å²) in [5, 5.41) is 14.0. The van der Waals surface area contributed by atoms with E-state index in [2.05, 4.69) is 17.3 Å². The zero-order valence-electron chi connectivity index (χ0n) is 16.0. The number of rotatable bonds is 5. The molecule has 0 aliphatic carbocycles. The van der Waals surface area contributed by atoms with Gasteiger partial charge in [-0.15, -0.1) is 11.3 Å². The number of para-hydroxylation sites is 1. The molecule has 5 nitrogen and oxygen atoms in total. The highest BCUT2D eigenvalue weighted by atomic mass is 32.1. The highest BCUT2D eigenvalue weighted by Gasteiger charge is 2.21. The molecule has 1 fully saturated rings. The van der Waals surface area contributed by atoms with Gasteiger partial charge in [0.15, 0.2) is 0 Å². The number of fused-ring (bicyclic) bond motifs is 1. The first-order chi connectivity index (χ1) is 13.6. The van der Waals surface area contributed by atoms with E-state index in [9.17, 15) is 9.90 Å². The fraction of sp³-hybridized carbons (Fsp3) is 0.364. The van der Waals surface area contributed by atoms with Crippen molar-refractivity contribution in [2.75, 3.05) is 26.7 Å². The zero-order chi connectivity index (χ0) is 19.5. The van der Waals surface area contributed by atoms with Crippen LogP contribution >= 0.6 is 11.3 Å². The van der Waals surface area contributed by atoms with Crippen LogP contribution in [-0.2, 0) is 6.42 Å². The maximum absolute atomic E-state index is 12.5. The standard InChI is InChI=1S/C22H25N3O2S/c1-25-12-9-16(10-13-25)22-24-18-7-6-17(14-20(18)28-22)21(27)23-11-8-15-4-2-3-5-19(15)26/h2-7,14,16,26H,8-13H2,1H3,(H,23,27). The largest absolute Gasteiger partial charge is 0.508 e. The van der Waals surface area contributed by atoms with Crippen molar-refractivity contribution in [1.29, 1.82) is 0 Å². The van der Waals surface area contributed by atoms with Gasteiger partial charge in [0.25, 0.3) is 5.91 Å². The van der Waals surface area contributed by atoms with Gasteiger partial charge < -0.3 is 15.3 Å². The number of amides is 1. The lowest BCUT2D eigenvalue weighted by molar-refractivity contribution is 0.0954. The summed E-state index contributed by atoms with van der Waals surface area (Å²) in [5.74, 6) is 0.709. The molecule has 146 valence electrons. The van der Waals surface area contributed by atoms with Gasteiger partial charge in [-0.2, -0.15) is 0 Å². The van der Waals surface area contributed by atoms with Crippen molar-refractivity contribution in [2.45, 2.75) is 25.2 Å². The number of hydrogen-bond acceptors (Lipinski definition) is 5. The van der Waals surface area contributed by atoms with Crippen molar-refractivity contribution in [3.8, 4) is 5.75 Å². The van der Waals surface area contributed by atoms with Crippen LogP contribution in [0.1, 0.15) is 39.7 Å². The molecule has 1 saturated heterocycles. The van der Waals surface area contributed by atoms with Crippen molar-refractivity contribution in [1.82, 2.24) is 15.2 Å². The van der Waals surface area contributed by atoms with Gasteiger partial charge in [0.2, 0.25) is 0 Å². The molecular weight excluding hydrogens is 370 g/mol. The summed E-state index contributed by atoms with van der Waals surface area (Å²) >= 11 is 1.72. The van der Waals surface area contributed by atoms with Gasteiger partial charge in [-0.05, 0) is 69.2 Å². The van der Waals surface area contributed by atoms with E-state index in [0.29, 0.717) is 24.4 Å². The van der Waals surface area contributed by atoms with Crippen LogP contribution in [0.5, 0.6) is 5.75 Å². The number of nitrogens with zero attached hydrogens (tertiary/aromatic N) is 2. The van der Waals surface area contributed by atoms with E-state index in [1.54, 1.807) is 23.5 Å². The summed E-state index contributed by atoms with van der Waals surface area (Å²) in [4.78, 5) is 19.7. The van der Waals surface area contributed by atoms with E-state index in [4.69, 9.17) is 4.98 Å². The number of phenolic OH excluding ortho intramolecular Hbond substituents is 1. The van der Waals surface area contributed by atoms with Gasteiger partial charge >= 0.3 is 0 Å². The van der Waals surface area contributed by atoms with Gasteiger partial charge in [0.05, 0.1) is 15.2 Å². The predicted octanol–water partition coefficient (Wildman–Crippen LogP) is 3.78. The highest BCUT2D eigenvalue weighted by molar-refractivity contribution is 7.18. The minimum atomic E-state index is -0.0911. The predicted molar refractivity (Wildman–Crippen MR) is 113 cm³/mol. The number of aromatic hydroxyl groups is 1. The molecule has 0 atom stereocenters. The van der Waals surface area contributed by atoms with Gasteiger partial charge in [-0.3, -0.25) is 4.79 Å². The molecular formula is C22H25N3O2S. The fourth-order valence-corrected chi connectivity index (χ4v) is 4.82. The normalized spacial score (nSPS) is 15.8. The van der Waals surface area contributed by atoms with E-state index < -0.39 is 0 Å². The van der Waals surface area contributed by atoms with Crippen molar-refractivity contribution >= 4 is 27.5 Å². The first-order valence-corrected chi connectivity index (χ1v) is 10.6. The Hall–Kier alpha value is -2.44. The monoisotopic (exact) mass is 395 g/mol. The molecule has 0 spiro atoms. The number of nitrogens with one attached hydrogen (secondary N) is 1. The molecule has 6 heteroatoms. The molecule has 0 unspecified atom stereocenters. The molecule has 2 aromatic carbocycles. The van der Waals surface area contributed by atoms with Crippen molar-refractivity contribution in [3.05, 3.63) is 58.6 Å². The number of hydrogen-bond donors (Lipinski definition) is 2. The second-order valence-corrected chi connectivity index (χ2v) is 8.51. The SMILES string of the molecule is CN1CCC(c2nc3ccc(C(=O)NCCc4ccccc4O)cc3s2)CC1. The Labute approximate surface area is 169 Å². The number of aromatic nitrogens is 1. The molecule has 3 aromatic rings. The first-order valence-electron chi connectivity index (χ1n) is 9.74. The fourth-order valence-electron chi connectivity index (χ4n) is 3.65. The molecule has 0 bridgehead atoms. The highest BCUT2D eigenvalue weighted by Crippen LogP contribution is 2.34. The lowest BCUT2D eigenvalue weighted by Crippen LogP contribution is -2.29. The van der Waals surface area contributed by atoms with Crippen molar-refractivity contribution in [2.24, 2.45) is 0 Å². The number of thiazole rings is 1. The van der Waals surface area contributed by atoms with Gasteiger partial charge in [-0.1, -0.05) is 18.2 Å². The van der Waals surface area contributed by atoms with E-state index in [1.165, 1.54) is 5.01 Å². The summed E-state index contributed by atoms with van der Waals surface area (Å²) in [6.45, 7) is 2.72. The average molecular weight is 396 g/mol. The van der Waals surface area contributed by atoms with Crippen LogP contribution in [0.3, 0.4) is 0 Å². The van der Waals surface area contributed by atoms with Crippen molar-refractivity contribution < 1.29 is 9.90 Å². The summed E-state index contributed by atoms with van der Waals surface area (Å²) in [5.41, 5.74) is 2.47. The first kappa shape index (κ1) is 18.9. The van der Waals surface area contributed by atoms with E-state index in [0.717, 1.165) is 41.7 Å². The lowest BCUT2D eigenvalue weighted by atomic mass is 9.98. The molecule has 4 rings (SSSR count). The Balaban J connectivity index is 1.41. The quantitative estimate of drug-likeness (QED) is 0.690. The van der Waals surface area contributed by atoms with Crippen LogP contribution in [-0.4, -0.2) is 47.6 Å². The number of benzene rings is 2. The number of likely N-dealkylation sites (tertiary alicyclic amines) is 1. The van der Waals surface area contributed by atoms with Crippen LogP contribution in [0.25, 0.3) is 10.2 Å². The molecule has 1 amide bonds. The van der Waals surface area contributed by atoms with Crippen LogP contribution in [0.4, 0.5) is 0 Å². The van der Waals surface area contributed by atoms with Gasteiger partial charge in [-0.25, -0.2) is 4.98 Å². The molecule has 1 aliphatic heterocycles. The molecule has 0 radical (unpaired) electrons. The third-order valence-electron chi connectivity index (χ3n) is 5.41. The second kappa shape index (κ2) is 8.29. The van der Waals surface area contributed by atoms with Crippen molar-refractivity contribution in [3.63, 3.8) is 0 Å². The van der Waals surface area contributed by atoms with Crippen LogP contribution < -0.4 is 5.32 Å². The molecule has 2 N–H and O–H groups in total. The second-order valence-electron chi connectivity index (χ2n) is 7.45.